The number of nitrogens with zero attached hydrogens (tertiary/aromatic N) is 1. The van der Waals surface area contributed by atoms with Crippen LogP contribution in [0.15, 0.2) is 60.0 Å². The molecule has 1 aromatic heterocycles. The number of halogens is 1. The standard InChI is InChI=1S/C18H15ClN2OS/c19-15-8-6-14(7-9-15)18(22)20-11-10-17-21-16(12-23-17)13-4-2-1-3-5-13/h1-9,12H,10-11H2,(H,20,22). The molecule has 0 fully saturated rings. The van der Waals surface area contributed by atoms with Crippen LogP contribution in [0.3, 0.4) is 0 Å². The van der Waals surface area contributed by atoms with Crippen LogP contribution in [-0.4, -0.2) is 17.4 Å². The van der Waals surface area contributed by atoms with Crippen LogP contribution in [0.5, 0.6) is 0 Å². The molecule has 1 N–H and O–H groups in total. The van der Waals surface area contributed by atoms with Gasteiger partial charge in [-0.1, -0.05) is 41.9 Å². The van der Waals surface area contributed by atoms with Gasteiger partial charge in [-0.15, -0.1) is 11.3 Å². The number of carbonyl (C=O) groups excluding carboxylic acids is 1. The fourth-order valence-corrected chi connectivity index (χ4v) is 3.09. The molecule has 0 bridgehead atoms. The zero-order chi connectivity index (χ0) is 16.1. The van der Waals surface area contributed by atoms with E-state index in [2.05, 4.69) is 10.3 Å². The Morgan fingerprint density at radius 3 is 2.57 bits per heavy atom. The van der Waals surface area contributed by atoms with E-state index in [0.717, 1.165) is 22.7 Å². The third-order valence-corrected chi connectivity index (χ3v) is 4.51. The second kappa shape index (κ2) is 7.40. The molecule has 0 saturated carbocycles. The smallest absolute Gasteiger partial charge is 0.251 e. The molecule has 1 heterocycles. The molecular formula is C18H15ClN2OS. The van der Waals surface area contributed by atoms with E-state index in [1.54, 1.807) is 35.6 Å². The topological polar surface area (TPSA) is 42.0 Å². The highest BCUT2D eigenvalue weighted by Crippen LogP contribution is 2.21. The predicted molar refractivity (Wildman–Crippen MR) is 95.0 cm³/mol. The second-order valence-corrected chi connectivity index (χ2v) is 6.38. The summed E-state index contributed by atoms with van der Waals surface area (Å²) < 4.78 is 0. The highest BCUT2D eigenvalue weighted by Gasteiger charge is 2.07. The lowest BCUT2D eigenvalue weighted by Gasteiger charge is -2.04. The molecule has 5 heteroatoms. The molecule has 0 unspecified atom stereocenters. The molecule has 1 amide bonds. The van der Waals surface area contributed by atoms with E-state index in [4.69, 9.17) is 11.6 Å². The maximum Gasteiger partial charge on any atom is 0.251 e. The third-order valence-electron chi connectivity index (χ3n) is 3.35. The van der Waals surface area contributed by atoms with Crippen LogP contribution in [0.4, 0.5) is 0 Å². The van der Waals surface area contributed by atoms with Crippen molar-refractivity contribution in [1.82, 2.24) is 10.3 Å². The Bertz CT molecular complexity index is 784. The number of hydrogen-bond donors (Lipinski definition) is 1. The molecule has 0 atom stereocenters. The maximum atomic E-state index is 12.0. The molecule has 0 aliphatic rings. The summed E-state index contributed by atoms with van der Waals surface area (Å²) in [5.74, 6) is -0.0958. The first-order chi connectivity index (χ1) is 11.2. The van der Waals surface area contributed by atoms with Crippen molar-refractivity contribution in [3.63, 3.8) is 0 Å². The lowest BCUT2D eigenvalue weighted by molar-refractivity contribution is 0.0954. The minimum Gasteiger partial charge on any atom is -0.352 e. The molecule has 0 aliphatic heterocycles. The molecule has 23 heavy (non-hydrogen) atoms. The summed E-state index contributed by atoms with van der Waals surface area (Å²) in [7, 11) is 0. The predicted octanol–water partition coefficient (Wildman–Crippen LogP) is 4.44. The first-order valence-corrected chi connectivity index (χ1v) is 8.52. The first kappa shape index (κ1) is 15.7. The Balaban J connectivity index is 1.54. The van der Waals surface area contributed by atoms with Gasteiger partial charge in [0.25, 0.3) is 5.91 Å². The minimum absolute atomic E-state index is 0.0958. The van der Waals surface area contributed by atoms with Crippen LogP contribution in [0.25, 0.3) is 11.3 Å². The number of amides is 1. The van der Waals surface area contributed by atoms with Gasteiger partial charge in [-0.05, 0) is 24.3 Å². The van der Waals surface area contributed by atoms with Crippen LogP contribution in [0.1, 0.15) is 15.4 Å². The Hall–Kier alpha value is -2.17. The number of aromatic nitrogens is 1. The van der Waals surface area contributed by atoms with Gasteiger partial charge in [0.1, 0.15) is 0 Å². The Kier molecular flexibility index (Phi) is 5.05. The maximum absolute atomic E-state index is 12.0. The fraction of sp³-hybridized carbons (Fsp3) is 0.111. The quantitative estimate of drug-likeness (QED) is 0.745. The SMILES string of the molecule is O=C(NCCc1nc(-c2ccccc2)cs1)c1ccc(Cl)cc1. The van der Waals surface area contributed by atoms with Gasteiger partial charge in [-0.25, -0.2) is 4.98 Å². The van der Waals surface area contributed by atoms with E-state index in [9.17, 15) is 4.79 Å². The van der Waals surface area contributed by atoms with Gasteiger partial charge >= 0.3 is 0 Å². The molecule has 0 saturated heterocycles. The largest absolute Gasteiger partial charge is 0.352 e. The van der Waals surface area contributed by atoms with Crippen molar-refractivity contribution in [2.75, 3.05) is 6.54 Å². The Labute approximate surface area is 144 Å². The van der Waals surface area contributed by atoms with Crippen molar-refractivity contribution in [2.45, 2.75) is 6.42 Å². The first-order valence-electron chi connectivity index (χ1n) is 7.26. The summed E-state index contributed by atoms with van der Waals surface area (Å²) in [5.41, 5.74) is 2.70. The van der Waals surface area contributed by atoms with E-state index in [1.807, 2.05) is 35.7 Å². The van der Waals surface area contributed by atoms with Gasteiger partial charge in [0.05, 0.1) is 10.7 Å². The molecular weight excluding hydrogens is 328 g/mol. The summed E-state index contributed by atoms with van der Waals surface area (Å²) in [6.07, 6.45) is 0.719. The van der Waals surface area contributed by atoms with Gasteiger partial charge in [0.15, 0.2) is 0 Å². The van der Waals surface area contributed by atoms with Crippen LogP contribution in [0, 0.1) is 0 Å². The number of nitrogens with one attached hydrogen (secondary N) is 1. The van der Waals surface area contributed by atoms with Gasteiger partial charge in [-0.3, -0.25) is 4.79 Å². The van der Waals surface area contributed by atoms with Crippen LogP contribution >= 0.6 is 22.9 Å². The number of benzene rings is 2. The molecule has 3 aromatic rings. The molecule has 3 rings (SSSR count). The lowest BCUT2D eigenvalue weighted by atomic mass is 10.2. The van der Waals surface area contributed by atoms with Gasteiger partial charge in [0.2, 0.25) is 0 Å². The Morgan fingerprint density at radius 2 is 1.83 bits per heavy atom. The molecule has 3 nitrogen and oxygen atoms in total. The van der Waals surface area contributed by atoms with E-state index in [0.29, 0.717) is 17.1 Å². The average molecular weight is 343 g/mol. The van der Waals surface area contributed by atoms with Crippen molar-refractivity contribution in [1.29, 1.82) is 0 Å². The van der Waals surface area contributed by atoms with Crippen molar-refractivity contribution < 1.29 is 4.79 Å². The van der Waals surface area contributed by atoms with Gasteiger partial charge in [0, 0.05) is 34.5 Å². The van der Waals surface area contributed by atoms with Gasteiger partial charge < -0.3 is 5.32 Å². The molecule has 0 aliphatic carbocycles. The highest BCUT2D eigenvalue weighted by molar-refractivity contribution is 7.09. The van der Waals surface area contributed by atoms with Crippen molar-refractivity contribution in [2.24, 2.45) is 0 Å². The average Bonchev–Trinajstić information content (AvgIpc) is 3.05. The van der Waals surface area contributed by atoms with Crippen LogP contribution in [0.2, 0.25) is 5.02 Å². The highest BCUT2D eigenvalue weighted by atomic mass is 35.5. The van der Waals surface area contributed by atoms with E-state index >= 15 is 0 Å². The fourth-order valence-electron chi connectivity index (χ4n) is 2.15. The molecule has 116 valence electrons. The zero-order valence-electron chi connectivity index (χ0n) is 12.3. The third kappa shape index (κ3) is 4.18. The summed E-state index contributed by atoms with van der Waals surface area (Å²) in [6.45, 7) is 0.559. The number of hydrogen-bond acceptors (Lipinski definition) is 3. The minimum atomic E-state index is -0.0958. The normalized spacial score (nSPS) is 10.5. The second-order valence-electron chi connectivity index (χ2n) is 5.01. The van der Waals surface area contributed by atoms with Crippen molar-refractivity contribution in [3.05, 3.63) is 75.6 Å². The number of thiazole rings is 1. The lowest BCUT2D eigenvalue weighted by Crippen LogP contribution is -2.25. The Morgan fingerprint density at radius 1 is 1.09 bits per heavy atom. The number of carbonyl (C=O) groups is 1. The van der Waals surface area contributed by atoms with Crippen molar-refractivity contribution in [3.8, 4) is 11.3 Å². The van der Waals surface area contributed by atoms with Gasteiger partial charge in [-0.2, -0.15) is 0 Å². The molecule has 0 radical (unpaired) electrons. The van der Waals surface area contributed by atoms with E-state index in [-0.39, 0.29) is 5.91 Å². The summed E-state index contributed by atoms with van der Waals surface area (Å²) in [5, 5.41) is 6.58. The monoisotopic (exact) mass is 342 g/mol. The summed E-state index contributed by atoms with van der Waals surface area (Å²) >= 11 is 7.43. The number of rotatable bonds is 5. The molecule has 0 spiro atoms. The summed E-state index contributed by atoms with van der Waals surface area (Å²) in [6, 6.07) is 16.9. The summed E-state index contributed by atoms with van der Waals surface area (Å²) in [4.78, 5) is 16.6. The van der Waals surface area contributed by atoms with Crippen molar-refractivity contribution >= 4 is 28.8 Å². The molecule has 2 aromatic carbocycles. The zero-order valence-corrected chi connectivity index (χ0v) is 13.9. The van der Waals surface area contributed by atoms with E-state index < -0.39 is 0 Å². The van der Waals surface area contributed by atoms with E-state index in [1.165, 1.54) is 0 Å². The van der Waals surface area contributed by atoms with Crippen LogP contribution < -0.4 is 5.32 Å². The van der Waals surface area contributed by atoms with Crippen LogP contribution in [-0.2, 0) is 6.42 Å².